The third kappa shape index (κ3) is 3.86. The molecule has 2 aliphatic heterocycles. The van der Waals surface area contributed by atoms with Gasteiger partial charge in [0.25, 0.3) is 5.91 Å². The molecule has 1 saturated heterocycles. The first-order valence-electron chi connectivity index (χ1n) is 9.88. The maximum absolute atomic E-state index is 12.4. The topological polar surface area (TPSA) is 98.6 Å². The molecule has 0 aliphatic carbocycles. The smallest absolute Gasteiger partial charge is 0.270 e. The molecule has 1 unspecified atom stereocenters. The Morgan fingerprint density at radius 3 is 2.79 bits per heavy atom. The zero-order valence-electron chi connectivity index (χ0n) is 15.9. The number of aliphatic hydroxyl groups excluding tert-OH is 1. The second kappa shape index (κ2) is 7.85. The number of aryl methyl sites for hydroxylation is 2. The Hall–Kier alpha value is -2.51. The maximum atomic E-state index is 12.4. The number of aliphatic hydroxyl groups is 2. The van der Waals surface area contributed by atoms with Crippen LogP contribution in [0.15, 0.2) is 30.3 Å². The average molecular weight is 382 g/mol. The Labute approximate surface area is 164 Å². The van der Waals surface area contributed by atoms with Crippen LogP contribution in [-0.2, 0) is 19.3 Å². The SMILES string of the molecule is O=C1NCCc2c1nc(CCc1ccccc1)nc2N1CCCC(O)(CO)C1. The maximum Gasteiger partial charge on any atom is 0.270 e. The Bertz CT molecular complexity index is 858. The number of β-amino-alcohol motifs (C(OH)–C–C–N with tert-alkyl or cyclic N) is 1. The van der Waals surface area contributed by atoms with Crippen molar-refractivity contribution in [1.29, 1.82) is 0 Å². The van der Waals surface area contributed by atoms with Gasteiger partial charge in [0.05, 0.1) is 13.2 Å². The molecule has 2 aliphatic rings. The van der Waals surface area contributed by atoms with Crippen molar-refractivity contribution < 1.29 is 15.0 Å². The van der Waals surface area contributed by atoms with Crippen molar-refractivity contribution in [3.63, 3.8) is 0 Å². The van der Waals surface area contributed by atoms with E-state index >= 15 is 0 Å². The number of hydrogen-bond donors (Lipinski definition) is 3. The first kappa shape index (κ1) is 18.8. The third-order valence-corrected chi connectivity index (χ3v) is 5.54. The minimum Gasteiger partial charge on any atom is -0.393 e. The van der Waals surface area contributed by atoms with E-state index in [1.54, 1.807) is 0 Å². The van der Waals surface area contributed by atoms with Gasteiger partial charge in [-0.05, 0) is 31.2 Å². The van der Waals surface area contributed by atoms with Gasteiger partial charge >= 0.3 is 0 Å². The van der Waals surface area contributed by atoms with Gasteiger partial charge in [-0.25, -0.2) is 9.97 Å². The van der Waals surface area contributed by atoms with Crippen molar-refractivity contribution in [1.82, 2.24) is 15.3 Å². The summed E-state index contributed by atoms with van der Waals surface area (Å²) in [5.41, 5.74) is 1.35. The number of piperidine rings is 1. The first-order valence-corrected chi connectivity index (χ1v) is 9.88. The van der Waals surface area contributed by atoms with E-state index in [0.29, 0.717) is 43.9 Å². The van der Waals surface area contributed by atoms with E-state index < -0.39 is 5.60 Å². The van der Waals surface area contributed by atoms with Crippen LogP contribution in [0.5, 0.6) is 0 Å². The van der Waals surface area contributed by atoms with Crippen LogP contribution in [0.1, 0.15) is 40.3 Å². The molecule has 28 heavy (non-hydrogen) atoms. The molecule has 1 aromatic carbocycles. The lowest BCUT2D eigenvalue weighted by molar-refractivity contribution is -0.0243. The quantitative estimate of drug-likeness (QED) is 0.710. The molecule has 148 valence electrons. The normalized spacial score (nSPS) is 21.9. The summed E-state index contributed by atoms with van der Waals surface area (Å²) in [6.45, 7) is 1.33. The zero-order chi connectivity index (χ0) is 19.6. The van der Waals surface area contributed by atoms with Gasteiger partial charge in [0, 0.05) is 25.1 Å². The number of aromatic nitrogens is 2. The molecule has 0 spiro atoms. The van der Waals surface area contributed by atoms with Crippen LogP contribution in [0.3, 0.4) is 0 Å². The Morgan fingerprint density at radius 2 is 2.00 bits per heavy atom. The molecule has 0 bridgehead atoms. The molecule has 7 heteroatoms. The number of fused-ring (bicyclic) bond motifs is 1. The largest absolute Gasteiger partial charge is 0.393 e. The van der Waals surface area contributed by atoms with Gasteiger partial charge in [0.2, 0.25) is 0 Å². The number of nitrogens with one attached hydrogen (secondary N) is 1. The molecule has 0 saturated carbocycles. The van der Waals surface area contributed by atoms with Gasteiger partial charge in [-0.3, -0.25) is 4.79 Å². The van der Waals surface area contributed by atoms with Crippen LogP contribution in [0.4, 0.5) is 5.82 Å². The molecule has 1 fully saturated rings. The molecule has 3 heterocycles. The number of anilines is 1. The molecule has 0 radical (unpaired) electrons. The van der Waals surface area contributed by atoms with Crippen LogP contribution in [0.25, 0.3) is 0 Å². The van der Waals surface area contributed by atoms with Gasteiger partial charge < -0.3 is 20.4 Å². The van der Waals surface area contributed by atoms with Crippen LogP contribution in [-0.4, -0.2) is 57.9 Å². The third-order valence-electron chi connectivity index (χ3n) is 5.54. The molecule has 2 aromatic rings. The fourth-order valence-corrected chi connectivity index (χ4v) is 4.02. The number of hydrogen-bond acceptors (Lipinski definition) is 6. The summed E-state index contributed by atoms with van der Waals surface area (Å²) in [5, 5.41) is 23.0. The summed E-state index contributed by atoms with van der Waals surface area (Å²) in [7, 11) is 0. The van der Waals surface area contributed by atoms with E-state index in [1.165, 1.54) is 5.56 Å². The first-order chi connectivity index (χ1) is 13.6. The average Bonchev–Trinajstić information content (AvgIpc) is 2.73. The second-order valence-corrected chi connectivity index (χ2v) is 7.69. The summed E-state index contributed by atoms with van der Waals surface area (Å²) >= 11 is 0. The lowest BCUT2D eigenvalue weighted by Gasteiger charge is -2.40. The zero-order valence-corrected chi connectivity index (χ0v) is 15.9. The molecule has 3 N–H and O–H groups in total. The van der Waals surface area contributed by atoms with E-state index in [0.717, 1.165) is 30.8 Å². The van der Waals surface area contributed by atoms with Gasteiger partial charge in [0.15, 0.2) is 0 Å². The molecule has 7 nitrogen and oxygen atoms in total. The van der Waals surface area contributed by atoms with Gasteiger partial charge in [-0.1, -0.05) is 30.3 Å². The summed E-state index contributed by atoms with van der Waals surface area (Å²) < 4.78 is 0. The summed E-state index contributed by atoms with van der Waals surface area (Å²) in [6, 6.07) is 10.1. The molecular weight excluding hydrogens is 356 g/mol. The van der Waals surface area contributed by atoms with Gasteiger partial charge in [0.1, 0.15) is 22.9 Å². The standard InChI is InChI=1S/C21H26N4O3/c26-14-21(28)10-4-12-25(13-21)19-16-9-11-22-20(27)18(16)23-17(24-19)8-7-15-5-2-1-3-6-15/h1-3,5-6,26,28H,4,7-14H2,(H,22,27). The molecule has 1 aromatic heterocycles. The molecule has 4 rings (SSSR count). The van der Waals surface area contributed by atoms with E-state index in [-0.39, 0.29) is 12.5 Å². The van der Waals surface area contributed by atoms with E-state index in [9.17, 15) is 15.0 Å². The van der Waals surface area contributed by atoms with Crippen LogP contribution < -0.4 is 10.2 Å². The number of carbonyl (C=O) groups excluding carboxylic acids is 1. The summed E-state index contributed by atoms with van der Waals surface area (Å²) in [4.78, 5) is 23.8. The van der Waals surface area contributed by atoms with Crippen molar-refractivity contribution in [2.45, 2.75) is 37.7 Å². The summed E-state index contributed by atoms with van der Waals surface area (Å²) in [6.07, 6.45) is 3.43. The van der Waals surface area contributed by atoms with Crippen molar-refractivity contribution in [2.24, 2.45) is 0 Å². The van der Waals surface area contributed by atoms with Crippen molar-refractivity contribution in [2.75, 3.05) is 31.1 Å². The number of benzene rings is 1. The van der Waals surface area contributed by atoms with Gasteiger partial charge in [-0.2, -0.15) is 0 Å². The number of nitrogens with zero attached hydrogens (tertiary/aromatic N) is 3. The Morgan fingerprint density at radius 1 is 1.18 bits per heavy atom. The summed E-state index contributed by atoms with van der Waals surface area (Å²) in [5.74, 6) is 1.20. The minimum absolute atomic E-state index is 0.166. The number of carbonyl (C=O) groups is 1. The van der Waals surface area contributed by atoms with Crippen molar-refractivity contribution in [3.05, 3.63) is 53.0 Å². The highest BCUT2D eigenvalue weighted by atomic mass is 16.3. The van der Waals surface area contributed by atoms with Crippen LogP contribution >= 0.6 is 0 Å². The predicted molar refractivity (Wildman–Crippen MR) is 105 cm³/mol. The van der Waals surface area contributed by atoms with E-state index in [2.05, 4.69) is 22.4 Å². The minimum atomic E-state index is -1.13. The molecule has 1 atom stereocenters. The number of amides is 1. The van der Waals surface area contributed by atoms with Crippen molar-refractivity contribution in [3.8, 4) is 0 Å². The Balaban J connectivity index is 1.66. The lowest BCUT2D eigenvalue weighted by Crippen LogP contribution is -2.51. The highest BCUT2D eigenvalue weighted by Gasteiger charge is 2.35. The molecular formula is C21H26N4O3. The predicted octanol–water partition coefficient (Wildman–Crippen LogP) is 0.871. The monoisotopic (exact) mass is 382 g/mol. The van der Waals surface area contributed by atoms with Gasteiger partial charge in [-0.15, -0.1) is 0 Å². The highest BCUT2D eigenvalue weighted by Crippen LogP contribution is 2.30. The van der Waals surface area contributed by atoms with E-state index in [1.807, 2.05) is 23.1 Å². The fourth-order valence-electron chi connectivity index (χ4n) is 4.02. The highest BCUT2D eigenvalue weighted by molar-refractivity contribution is 5.96. The van der Waals surface area contributed by atoms with E-state index in [4.69, 9.17) is 4.98 Å². The fraction of sp³-hybridized carbons (Fsp3) is 0.476. The second-order valence-electron chi connectivity index (χ2n) is 7.69. The Kier molecular flexibility index (Phi) is 5.28. The van der Waals surface area contributed by atoms with Crippen LogP contribution in [0, 0.1) is 0 Å². The number of rotatable bonds is 5. The molecule has 1 amide bonds. The lowest BCUT2D eigenvalue weighted by atomic mass is 9.93. The van der Waals surface area contributed by atoms with Crippen molar-refractivity contribution >= 4 is 11.7 Å². The van der Waals surface area contributed by atoms with Crippen LogP contribution in [0.2, 0.25) is 0 Å².